The average Bonchev–Trinajstić information content (AvgIpc) is 2.72. The van der Waals surface area contributed by atoms with E-state index in [1.165, 1.54) is 0 Å². The summed E-state index contributed by atoms with van der Waals surface area (Å²) in [5.41, 5.74) is 7.24. The Balaban J connectivity index is 1.96. The Morgan fingerprint density at radius 2 is 1.55 bits per heavy atom. The van der Waals surface area contributed by atoms with E-state index in [-0.39, 0.29) is 31.7 Å². The van der Waals surface area contributed by atoms with Crippen LogP contribution in [-0.4, -0.2) is 36.2 Å². The predicted octanol–water partition coefficient (Wildman–Crippen LogP) is 1.77. The first-order chi connectivity index (χ1) is 13.9. The number of nitrogens with one attached hydrogen (secondary N) is 1. The van der Waals surface area contributed by atoms with Crippen LogP contribution in [0.1, 0.15) is 41.3 Å². The highest BCUT2D eigenvalue weighted by molar-refractivity contribution is 6.08. The van der Waals surface area contributed by atoms with E-state index in [9.17, 15) is 19.2 Å². The van der Waals surface area contributed by atoms with Crippen molar-refractivity contribution < 1.29 is 23.9 Å². The zero-order valence-electron chi connectivity index (χ0n) is 16.2. The molecule has 0 saturated heterocycles. The number of amides is 2. The average molecular weight is 396 g/mol. The Hall–Kier alpha value is -3.48. The quantitative estimate of drug-likeness (QED) is 0.469. The monoisotopic (exact) mass is 396 g/mol. The van der Waals surface area contributed by atoms with E-state index in [4.69, 9.17) is 10.5 Å². The van der Waals surface area contributed by atoms with Gasteiger partial charge in [-0.05, 0) is 12.5 Å². The second kappa shape index (κ2) is 10.8. The lowest BCUT2D eigenvalue weighted by atomic mass is 9.99. The van der Waals surface area contributed by atoms with Gasteiger partial charge >= 0.3 is 5.97 Å². The van der Waals surface area contributed by atoms with Gasteiger partial charge in [0, 0.05) is 24.0 Å². The summed E-state index contributed by atoms with van der Waals surface area (Å²) in [6.07, 6.45) is 0.0227. The molecule has 7 heteroatoms. The topological polar surface area (TPSA) is 116 Å². The zero-order valence-corrected chi connectivity index (χ0v) is 16.2. The van der Waals surface area contributed by atoms with Crippen LogP contribution in [0, 0.1) is 0 Å². The number of esters is 1. The molecule has 0 fully saturated rings. The van der Waals surface area contributed by atoms with E-state index >= 15 is 0 Å². The van der Waals surface area contributed by atoms with Crippen molar-refractivity contribution in [3.8, 4) is 0 Å². The van der Waals surface area contributed by atoms with Crippen LogP contribution >= 0.6 is 0 Å². The largest absolute Gasteiger partial charge is 0.466 e. The predicted molar refractivity (Wildman–Crippen MR) is 107 cm³/mol. The highest BCUT2D eigenvalue weighted by Crippen LogP contribution is 2.12. The second-order valence-corrected chi connectivity index (χ2v) is 6.42. The van der Waals surface area contributed by atoms with E-state index in [1.54, 1.807) is 55.5 Å². The number of ether oxygens (including phenoxy) is 1. The third-order valence-corrected chi connectivity index (χ3v) is 4.23. The molecule has 3 N–H and O–H groups in total. The summed E-state index contributed by atoms with van der Waals surface area (Å²) in [5, 5.41) is 2.54. The SMILES string of the molecule is CCOC(=O)CCC(=O)N[C@@H](Cc1ccc(C(=O)c2ccccc2)cc1)C(N)=O. The van der Waals surface area contributed by atoms with Gasteiger partial charge in [0.2, 0.25) is 11.8 Å². The van der Waals surface area contributed by atoms with Crippen molar-refractivity contribution in [2.24, 2.45) is 5.73 Å². The summed E-state index contributed by atoms with van der Waals surface area (Å²) in [6.45, 7) is 1.92. The van der Waals surface area contributed by atoms with E-state index < -0.39 is 23.8 Å². The minimum atomic E-state index is -0.916. The van der Waals surface area contributed by atoms with Crippen LogP contribution in [0.15, 0.2) is 54.6 Å². The molecule has 2 aromatic carbocycles. The first kappa shape index (κ1) is 21.8. The van der Waals surface area contributed by atoms with Gasteiger partial charge in [-0.2, -0.15) is 0 Å². The summed E-state index contributed by atoms with van der Waals surface area (Å²) in [4.78, 5) is 47.5. The van der Waals surface area contributed by atoms with Crippen molar-refractivity contribution in [3.05, 3.63) is 71.3 Å². The molecular formula is C22H24N2O5. The van der Waals surface area contributed by atoms with Gasteiger partial charge in [-0.25, -0.2) is 0 Å². The maximum absolute atomic E-state index is 12.4. The fourth-order valence-electron chi connectivity index (χ4n) is 2.72. The molecule has 0 bridgehead atoms. The first-order valence-electron chi connectivity index (χ1n) is 9.33. The molecule has 0 aromatic heterocycles. The van der Waals surface area contributed by atoms with Crippen molar-refractivity contribution in [2.45, 2.75) is 32.2 Å². The molecule has 0 aliphatic rings. The highest BCUT2D eigenvalue weighted by atomic mass is 16.5. The van der Waals surface area contributed by atoms with Crippen LogP contribution in [0.5, 0.6) is 0 Å². The van der Waals surface area contributed by atoms with Gasteiger partial charge in [0.25, 0.3) is 0 Å². The van der Waals surface area contributed by atoms with Crippen LogP contribution < -0.4 is 11.1 Å². The van der Waals surface area contributed by atoms with Gasteiger partial charge in [0.1, 0.15) is 6.04 Å². The lowest BCUT2D eigenvalue weighted by molar-refractivity contribution is -0.144. The summed E-state index contributed by atoms with van der Waals surface area (Å²) in [7, 11) is 0. The van der Waals surface area contributed by atoms with Crippen LogP contribution in [0.25, 0.3) is 0 Å². The molecule has 0 unspecified atom stereocenters. The van der Waals surface area contributed by atoms with Crippen molar-refractivity contribution in [1.82, 2.24) is 5.32 Å². The number of benzene rings is 2. The third kappa shape index (κ3) is 6.88. The highest BCUT2D eigenvalue weighted by Gasteiger charge is 2.19. The standard InChI is InChI=1S/C22H24N2O5/c1-2-29-20(26)13-12-19(25)24-18(22(23)28)14-15-8-10-17(11-9-15)21(27)16-6-4-3-5-7-16/h3-11,18H,2,12-14H2,1H3,(H2,23,28)(H,24,25)/t18-/m0/s1. The van der Waals surface area contributed by atoms with Crippen LogP contribution in [0.3, 0.4) is 0 Å². The molecule has 0 spiro atoms. The number of carbonyl (C=O) groups excluding carboxylic acids is 4. The Morgan fingerprint density at radius 3 is 2.14 bits per heavy atom. The minimum absolute atomic E-state index is 0.0680. The number of ketones is 1. The van der Waals surface area contributed by atoms with Gasteiger partial charge < -0.3 is 15.8 Å². The van der Waals surface area contributed by atoms with Gasteiger partial charge in [0.05, 0.1) is 13.0 Å². The normalized spacial score (nSPS) is 11.3. The van der Waals surface area contributed by atoms with Crippen molar-refractivity contribution in [3.63, 3.8) is 0 Å². The summed E-state index contributed by atoms with van der Waals surface area (Å²) in [5.74, 6) is -1.72. The molecule has 0 saturated carbocycles. The van der Waals surface area contributed by atoms with Crippen LogP contribution in [0.2, 0.25) is 0 Å². The van der Waals surface area contributed by atoms with E-state index in [1.807, 2.05) is 6.07 Å². The van der Waals surface area contributed by atoms with Crippen molar-refractivity contribution in [1.29, 1.82) is 0 Å². The number of hydrogen-bond acceptors (Lipinski definition) is 5. The molecule has 0 heterocycles. The molecule has 2 amide bonds. The smallest absolute Gasteiger partial charge is 0.306 e. The zero-order chi connectivity index (χ0) is 21.2. The Labute approximate surface area is 169 Å². The lowest BCUT2D eigenvalue weighted by Gasteiger charge is -2.16. The molecule has 152 valence electrons. The summed E-state index contributed by atoms with van der Waals surface area (Å²) >= 11 is 0. The van der Waals surface area contributed by atoms with Gasteiger partial charge in [0.15, 0.2) is 5.78 Å². The van der Waals surface area contributed by atoms with Crippen molar-refractivity contribution in [2.75, 3.05) is 6.61 Å². The fraction of sp³-hybridized carbons (Fsp3) is 0.273. The van der Waals surface area contributed by atoms with Gasteiger partial charge in [-0.3, -0.25) is 19.2 Å². The maximum Gasteiger partial charge on any atom is 0.306 e. The van der Waals surface area contributed by atoms with Crippen LogP contribution in [0.4, 0.5) is 0 Å². The number of primary amides is 1. The molecule has 2 rings (SSSR count). The molecule has 7 nitrogen and oxygen atoms in total. The Morgan fingerprint density at radius 1 is 0.931 bits per heavy atom. The van der Waals surface area contributed by atoms with E-state index in [0.717, 1.165) is 5.56 Å². The minimum Gasteiger partial charge on any atom is -0.466 e. The third-order valence-electron chi connectivity index (χ3n) is 4.23. The van der Waals surface area contributed by atoms with Gasteiger partial charge in [-0.15, -0.1) is 0 Å². The van der Waals surface area contributed by atoms with Crippen molar-refractivity contribution >= 4 is 23.6 Å². The molecule has 1 atom stereocenters. The molecule has 0 aliphatic heterocycles. The number of carbonyl (C=O) groups is 4. The Kier molecular flexibility index (Phi) is 8.09. The molecule has 2 aromatic rings. The lowest BCUT2D eigenvalue weighted by Crippen LogP contribution is -2.45. The second-order valence-electron chi connectivity index (χ2n) is 6.42. The van der Waals surface area contributed by atoms with E-state index in [2.05, 4.69) is 5.32 Å². The maximum atomic E-state index is 12.4. The summed E-state index contributed by atoms with van der Waals surface area (Å²) < 4.78 is 4.76. The molecule has 29 heavy (non-hydrogen) atoms. The fourth-order valence-corrected chi connectivity index (χ4v) is 2.72. The number of rotatable bonds is 10. The molecule has 0 aliphatic carbocycles. The molecular weight excluding hydrogens is 372 g/mol. The number of hydrogen-bond donors (Lipinski definition) is 2. The molecule has 0 radical (unpaired) electrons. The summed E-state index contributed by atoms with van der Waals surface area (Å²) in [6, 6.07) is 14.8. The van der Waals surface area contributed by atoms with E-state index in [0.29, 0.717) is 11.1 Å². The first-order valence-corrected chi connectivity index (χ1v) is 9.33. The Bertz CT molecular complexity index is 863. The van der Waals surface area contributed by atoms with Crippen LogP contribution in [-0.2, 0) is 25.5 Å². The number of nitrogens with two attached hydrogens (primary N) is 1. The van der Waals surface area contributed by atoms with Gasteiger partial charge in [-0.1, -0.05) is 54.6 Å².